The highest BCUT2D eigenvalue weighted by Gasteiger charge is 2.19. The molecule has 2 aromatic heterocycles. The van der Waals surface area contributed by atoms with Crippen LogP contribution in [0.5, 0.6) is 0 Å². The van der Waals surface area contributed by atoms with Gasteiger partial charge in [-0.15, -0.1) is 0 Å². The third kappa shape index (κ3) is 1.96. The zero-order valence-electron chi connectivity index (χ0n) is 10.3. The lowest BCUT2D eigenvalue weighted by molar-refractivity contribution is 0.603. The van der Waals surface area contributed by atoms with Gasteiger partial charge in [-0.3, -0.25) is 4.68 Å². The Morgan fingerprint density at radius 3 is 3.11 bits per heavy atom. The molecule has 0 radical (unpaired) electrons. The number of aromatic nitrogens is 4. The van der Waals surface area contributed by atoms with Crippen LogP contribution in [0.1, 0.15) is 24.6 Å². The van der Waals surface area contributed by atoms with Crippen LogP contribution in [0, 0.1) is 0 Å². The SMILES string of the molecule is CCCn1cc(-c2nc(N)c3c(n2)CSC3)cn1. The van der Waals surface area contributed by atoms with Gasteiger partial charge in [-0.25, -0.2) is 9.97 Å². The molecule has 0 unspecified atom stereocenters. The Bertz CT molecular complexity index is 578. The molecule has 0 aliphatic carbocycles. The summed E-state index contributed by atoms with van der Waals surface area (Å²) < 4.78 is 1.91. The van der Waals surface area contributed by atoms with Crippen LogP contribution in [0.2, 0.25) is 0 Å². The molecule has 0 saturated carbocycles. The smallest absolute Gasteiger partial charge is 0.164 e. The molecule has 0 aromatic carbocycles. The van der Waals surface area contributed by atoms with E-state index in [1.807, 2.05) is 22.6 Å². The van der Waals surface area contributed by atoms with Gasteiger partial charge in [-0.1, -0.05) is 6.92 Å². The van der Waals surface area contributed by atoms with E-state index in [9.17, 15) is 0 Å². The van der Waals surface area contributed by atoms with Crippen LogP contribution in [-0.4, -0.2) is 19.7 Å². The van der Waals surface area contributed by atoms with Crippen LogP contribution in [-0.2, 0) is 18.1 Å². The van der Waals surface area contributed by atoms with Crippen molar-refractivity contribution in [3.05, 3.63) is 23.7 Å². The van der Waals surface area contributed by atoms with E-state index in [0.29, 0.717) is 11.6 Å². The molecule has 3 rings (SSSR count). The van der Waals surface area contributed by atoms with E-state index in [1.54, 1.807) is 6.20 Å². The maximum atomic E-state index is 5.98. The summed E-state index contributed by atoms with van der Waals surface area (Å²) in [4.78, 5) is 8.98. The molecule has 3 heterocycles. The molecule has 1 aliphatic rings. The Morgan fingerprint density at radius 1 is 1.39 bits per heavy atom. The van der Waals surface area contributed by atoms with Crippen molar-refractivity contribution in [2.24, 2.45) is 0 Å². The number of hydrogen-bond acceptors (Lipinski definition) is 5. The second-order valence-electron chi connectivity index (χ2n) is 4.34. The van der Waals surface area contributed by atoms with Gasteiger partial charge in [0.2, 0.25) is 0 Å². The van der Waals surface area contributed by atoms with Gasteiger partial charge in [0.1, 0.15) is 5.82 Å². The monoisotopic (exact) mass is 261 g/mol. The van der Waals surface area contributed by atoms with Gasteiger partial charge in [-0.05, 0) is 6.42 Å². The molecular formula is C12H15N5S. The third-order valence-electron chi connectivity index (χ3n) is 2.95. The number of nitrogen functional groups attached to an aromatic ring is 1. The number of nitrogens with zero attached hydrogens (tertiary/aromatic N) is 4. The Balaban J connectivity index is 1.98. The van der Waals surface area contributed by atoms with Crippen LogP contribution in [0.3, 0.4) is 0 Å². The molecule has 5 nitrogen and oxygen atoms in total. The number of anilines is 1. The van der Waals surface area contributed by atoms with Crippen LogP contribution < -0.4 is 5.73 Å². The third-order valence-corrected chi connectivity index (χ3v) is 3.92. The number of rotatable bonds is 3. The van der Waals surface area contributed by atoms with E-state index >= 15 is 0 Å². The van der Waals surface area contributed by atoms with E-state index in [2.05, 4.69) is 22.0 Å². The minimum Gasteiger partial charge on any atom is -0.383 e. The number of nitrogens with two attached hydrogens (primary N) is 1. The summed E-state index contributed by atoms with van der Waals surface area (Å²) in [5.74, 6) is 3.16. The maximum absolute atomic E-state index is 5.98. The zero-order valence-corrected chi connectivity index (χ0v) is 11.1. The summed E-state index contributed by atoms with van der Waals surface area (Å²) in [5.41, 5.74) is 9.10. The molecule has 0 fully saturated rings. The van der Waals surface area contributed by atoms with Crippen molar-refractivity contribution in [2.45, 2.75) is 31.4 Å². The van der Waals surface area contributed by atoms with Crippen molar-refractivity contribution >= 4 is 17.6 Å². The van der Waals surface area contributed by atoms with Crippen molar-refractivity contribution in [2.75, 3.05) is 5.73 Å². The summed E-state index contributed by atoms with van der Waals surface area (Å²) >= 11 is 1.83. The number of aryl methyl sites for hydroxylation is 1. The van der Waals surface area contributed by atoms with Gasteiger partial charge in [0.05, 0.1) is 17.5 Å². The highest BCUT2D eigenvalue weighted by atomic mass is 32.2. The van der Waals surface area contributed by atoms with Crippen molar-refractivity contribution in [3.8, 4) is 11.4 Å². The van der Waals surface area contributed by atoms with Gasteiger partial charge in [-0.2, -0.15) is 16.9 Å². The van der Waals surface area contributed by atoms with E-state index in [-0.39, 0.29) is 0 Å². The molecule has 0 atom stereocenters. The number of thioether (sulfide) groups is 1. The van der Waals surface area contributed by atoms with Crippen LogP contribution in [0.4, 0.5) is 5.82 Å². The highest BCUT2D eigenvalue weighted by molar-refractivity contribution is 7.98. The Morgan fingerprint density at radius 2 is 2.28 bits per heavy atom. The molecule has 0 spiro atoms. The van der Waals surface area contributed by atoms with Crippen molar-refractivity contribution in [1.29, 1.82) is 0 Å². The lowest BCUT2D eigenvalue weighted by Crippen LogP contribution is -2.02. The minimum absolute atomic E-state index is 0.614. The van der Waals surface area contributed by atoms with Crippen LogP contribution in [0.15, 0.2) is 12.4 Å². The molecule has 94 valence electrons. The first-order chi connectivity index (χ1) is 8.78. The average molecular weight is 261 g/mol. The number of fused-ring (bicyclic) bond motifs is 1. The summed E-state index contributed by atoms with van der Waals surface area (Å²) in [7, 11) is 0. The first-order valence-electron chi connectivity index (χ1n) is 6.03. The zero-order chi connectivity index (χ0) is 12.5. The first kappa shape index (κ1) is 11.5. The van der Waals surface area contributed by atoms with E-state index in [0.717, 1.165) is 41.3 Å². The number of hydrogen-bond donors (Lipinski definition) is 1. The Kier molecular flexibility index (Phi) is 2.95. The normalized spacial score (nSPS) is 13.8. The van der Waals surface area contributed by atoms with Crippen molar-refractivity contribution in [3.63, 3.8) is 0 Å². The molecule has 0 bridgehead atoms. The molecule has 2 aromatic rings. The van der Waals surface area contributed by atoms with Gasteiger partial charge in [0.15, 0.2) is 5.82 Å². The summed E-state index contributed by atoms with van der Waals surface area (Å²) in [6.45, 7) is 3.04. The van der Waals surface area contributed by atoms with E-state index < -0.39 is 0 Å². The molecule has 6 heteroatoms. The predicted molar refractivity (Wildman–Crippen MR) is 73.0 cm³/mol. The molecule has 0 amide bonds. The fourth-order valence-electron chi connectivity index (χ4n) is 2.04. The molecule has 18 heavy (non-hydrogen) atoms. The summed E-state index contributed by atoms with van der Waals surface area (Å²) in [6.07, 6.45) is 4.84. The summed E-state index contributed by atoms with van der Waals surface area (Å²) in [6, 6.07) is 0. The second kappa shape index (κ2) is 4.61. The van der Waals surface area contributed by atoms with Gasteiger partial charge < -0.3 is 5.73 Å². The minimum atomic E-state index is 0.614. The molecule has 1 aliphatic heterocycles. The predicted octanol–water partition coefficient (Wildman–Crippen LogP) is 2.08. The fourth-order valence-corrected chi connectivity index (χ4v) is 3.09. The average Bonchev–Trinajstić information content (AvgIpc) is 2.97. The quantitative estimate of drug-likeness (QED) is 0.916. The topological polar surface area (TPSA) is 69.6 Å². The second-order valence-corrected chi connectivity index (χ2v) is 5.33. The van der Waals surface area contributed by atoms with E-state index in [4.69, 9.17) is 5.73 Å². The van der Waals surface area contributed by atoms with Gasteiger partial charge >= 0.3 is 0 Å². The first-order valence-corrected chi connectivity index (χ1v) is 7.19. The van der Waals surface area contributed by atoms with Crippen LogP contribution in [0.25, 0.3) is 11.4 Å². The van der Waals surface area contributed by atoms with Crippen molar-refractivity contribution in [1.82, 2.24) is 19.7 Å². The maximum Gasteiger partial charge on any atom is 0.164 e. The Labute approximate surface area is 110 Å². The summed E-state index contributed by atoms with van der Waals surface area (Å²) in [5, 5.41) is 4.30. The van der Waals surface area contributed by atoms with E-state index in [1.165, 1.54) is 0 Å². The van der Waals surface area contributed by atoms with Crippen LogP contribution >= 0.6 is 11.8 Å². The molecule has 2 N–H and O–H groups in total. The lowest BCUT2D eigenvalue weighted by Gasteiger charge is -2.04. The van der Waals surface area contributed by atoms with Gasteiger partial charge in [0.25, 0.3) is 0 Å². The lowest BCUT2D eigenvalue weighted by atomic mass is 10.2. The highest BCUT2D eigenvalue weighted by Crippen LogP contribution is 2.32. The van der Waals surface area contributed by atoms with Crippen molar-refractivity contribution < 1.29 is 0 Å². The Hall–Kier alpha value is -1.56. The standard InChI is InChI=1S/C12H15N5S/c1-2-3-17-5-8(4-14-17)12-15-10-7-18-6-9(10)11(13)16-12/h4-5H,2-3,6-7H2,1H3,(H2,13,15,16). The largest absolute Gasteiger partial charge is 0.383 e. The van der Waals surface area contributed by atoms with Gasteiger partial charge in [0, 0.05) is 29.8 Å². The fraction of sp³-hybridized carbons (Fsp3) is 0.417. The molecular weight excluding hydrogens is 246 g/mol. The molecule has 0 saturated heterocycles.